The first-order valence-corrected chi connectivity index (χ1v) is 5.70. The molecule has 5 nitrogen and oxygen atoms in total. The number of hydrogen-bond acceptors (Lipinski definition) is 4. The highest BCUT2D eigenvalue weighted by Crippen LogP contribution is 2.18. The van der Waals surface area contributed by atoms with Crippen LogP contribution in [0.4, 0.5) is 5.69 Å². The van der Waals surface area contributed by atoms with E-state index >= 15 is 0 Å². The number of furan rings is 1. The van der Waals surface area contributed by atoms with Crippen molar-refractivity contribution in [1.82, 2.24) is 0 Å². The molecule has 0 atom stereocenters. The first-order valence-electron chi connectivity index (χ1n) is 5.70. The molecule has 2 aromatic rings. The van der Waals surface area contributed by atoms with Crippen molar-refractivity contribution in [2.75, 3.05) is 5.32 Å². The van der Waals surface area contributed by atoms with Crippen molar-refractivity contribution in [2.45, 2.75) is 13.8 Å². The number of rotatable bonds is 3. The summed E-state index contributed by atoms with van der Waals surface area (Å²) in [5.74, 6) is -0.133. The second kappa shape index (κ2) is 5.39. The zero-order valence-corrected chi connectivity index (χ0v) is 10.6. The number of nitrogens with one attached hydrogen (secondary N) is 1. The zero-order valence-electron chi connectivity index (χ0n) is 10.6. The maximum atomic E-state index is 11.8. The van der Waals surface area contributed by atoms with E-state index in [0.717, 1.165) is 5.56 Å². The number of carbonyl (C=O) groups excluding carboxylic acids is 2. The zero-order chi connectivity index (χ0) is 13.8. The smallest absolute Gasteiger partial charge is 0.379 e. The molecular formula is C14H13NO4. The van der Waals surface area contributed by atoms with Crippen LogP contribution in [0.25, 0.3) is 0 Å². The molecule has 0 aliphatic carbocycles. The number of carbonyl (C=O) groups is 2. The van der Waals surface area contributed by atoms with Gasteiger partial charge in [0.05, 0.1) is 6.26 Å². The molecule has 0 aliphatic heterocycles. The lowest BCUT2D eigenvalue weighted by atomic mass is 10.3. The number of esters is 1. The summed E-state index contributed by atoms with van der Waals surface area (Å²) >= 11 is 0. The van der Waals surface area contributed by atoms with Crippen LogP contribution < -0.4 is 10.1 Å². The largest absolute Gasteiger partial charge is 0.457 e. The quantitative estimate of drug-likeness (QED) is 0.679. The van der Waals surface area contributed by atoms with Gasteiger partial charge in [0, 0.05) is 18.2 Å². The minimum atomic E-state index is -0.547. The highest BCUT2D eigenvalue weighted by molar-refractivity contribution is 5.90. The van der Waals surface area contributed by atoms with Gasteiger partial charge < -0.3 is 14.5 Å². The van der Waals surface area contributed by atoms with Crippen molar-refractivity contribution in [2.24, 2.45) is 0 Å². The van der Waals surface area contributed by atoms with Gasteiger partial charge in [-0.1, -0.05) is 0 Å². The molecule has 0 fully saturated rings. The Labute approximate surface area is 110 Å². The third kappa shape index (κ3) is 3.22. The number of anilines is 1. The van der Waals surface area contributed by atoms with E-state index in [4.69, 9.17) is 9.15 Å². The fraction of sp³-hybridized carbons (Fsp3) is 0.143. The Morgan fingerprint density at radius 1 is 1.16 bits per heavy atom. The van der Waals surface area contributed by atoms with Crippen LogP contribution in [-0.2, 0) is 4.79 Å². The van der Waals surface area contributed by atoms with Crippen molar-refractivity contribution >= 4 is 17.6 Å². The lowest BCUT2D eigenvalue weighted by Gasteiger charge is -2.05. The molecule has 2 rings (SSSR count). The fourth-order valence-electron chi connectivity index (χ4n) is 1.54. The summed E-state index contributed by atoms with van der Waals surface area (Å²) in [5.41, 5.74) is 1.36. The number of ether oxygens (including phenoxy) is 1. The molecule has 0 bridgehead atoms. The summed E-state index contributed by atoms with van der Waals surface area (Å²) in [7, 11) is 0. The van der Waals surface area contributed by atoms with E-state index in [1.54, 1.807) is 37.3 Å². The molecular weight excluding hydrogens is 246 g/mol. The molecule has 1 N–H and O–H groups in total. The minimum Gasteiger partial charge on any atom is -0.457 e. The molecule has 1 aromatic carbocycles. The van der Waals surface area contributed by atoms with Gasteiger partial charge in [0.25, 0.3) is 0 Å². The SMILES string of the molecule is CC(=O)Nc1ccc(OC(=O)c2occc2C)cc1. The Hall–Kier alpha value is -2.56. The summed E-state index contributed by atoms with van der Waals surface area (Å²) in [5, 5.41) is 2.62. The molecule has 19 heavy (non-hydrogen) atoms. The van der Waals surface area contributed by atoms with E-state index < -0.39 is 5.97 Å². The van der Waals surface area contributed by atoms with Crippen LogP contribution in [0.2, 0.25) is 0 Å². The first-order chi connectivity index (χ1) is 9.06. The average molecular weight is 259 g/mol. The van der Waals surface area contributed by atoms with Crippen LogP contribution in [0.15, 0.2) is 41.0 Å². The van der Waals surface area contributed by atoms with Gasteiger partial charge in [0.2, 0.25) is 11.7 Å². The highest BCUT2D eigenvalue weighted by Gasteiger charge is 2.14. The molecule has 0 unspecified atom stereocenters. The predicted octanol–water partition coefficient (Wildman–Crippen LogP) is 2.77. The molecule has 0 spiro atoms. The molecule has 1 heterocycles. The van der Waals surface area contributed by atoms with E-state index in [9.17, 15) is 9.59 Å². The van der Waals surface area contributed by atoms with Crippen molar-refractivity contribution in [3.8, 4) is 5.75 Å². The van der Waals surface area contributed by atoms with Gasteiger partial charge >= 0.3 is 5.97 Å². The molecule has 98 valence electrons. The Balaban J connectivity index is 2.06. The van der Waals surface area contributed by atoms with Gasteiger partial charge in [-0.25, -0.2) is 4.79 Å². The summed E-state index contributed by atoms with van der Waals surface area (Å²) in [6.07, 6.45) is 1.44. The Bertz CT molecular complexity index is 598. The van der Waals surface area contributed by atoms with Crippen LogP contribution in [0, 0.1) is 6.92 Å². The second-order valence-corrected chi connectivity index (χ2v) is 4.03. The summed E-state index contributed by atoms with van der Waals surface area (Å²) < 4.78 is 10.2. The van der Waals surface area contributed by atoms with E-state index in [0.29, 0.717) is 11.4 Å². The van der Waals surface area contributed by atoms with Crippen LogP contribution >= 0.6 is 0 Å². The van der Waals surface area contributed by atoms with Crippen LogP contribution in [0.1, 0.15) is 23.0 Å². The average Bonchev–Trinajstić information content (AvgIpc) is 2.77. The van der Waals surface area contributed by atoms with Crippen LogP contribution in [0.5, 0.6) is 5.75 Å². The molecule has 5 heteroatoms. The summed E-state index contributed by atoms with van der Waals surface area (Å²) in [6.45, 7) is 3.19. The molecule has 0 aliphatic rings. The number of hydrogen-bond donors (Lipinski definition) is 1. The Morgan fingerprint density at radius 2 is 1.84 bits per heavy atom. The summed E-state index contributed by atoms with van der Waals surface area (Å²) in [6, 6.07) is 8.19. The number of amides is 1. The fourth-order valence-corrected chi connectivity index (χ4v) is 1.54. The lowest BCUT2D eigenvalue weighted by molar-refractivity contribution is -0.114. The lowest BCUT2D eigenvalue weighted by Crippen LogP contribution is -2.09. The maximum Gasteiger partial charge on any atom is 0.379 e. The van der Waals surface area contributed by atoms with Crippen molar-refractivity contribution < 1.29 is 18.7 Å². The second-order valence-electron chi connectivity index (χ2n) is 4.03. The van der Waals surface area contributed by atoms with Gasteiger partial charge in [-0.05, 0) is 37.3 Å². The summed E-state index contributed by atoms with van der Waals surface area (Å²) in [4.78, 5) is 22.6. The minimum absolute atomic E-state index is 0.157. The first kappa shape index (κ1) is 12.9. The van der Waals surface area contributed by atoms with Gasteiger partial charge in [-0.3, -0.25) is 4.79 Å². The Morgan fingerprint density at radius 3 is 2.37 bits per heavy atom. The van der Waals surface area contributed by atoms with Gasteiger partial charge in [0.1, 0.15) is 5.75 Å². The van der Waals surface area contributed by atoms with E-state index in [2.05, 4.69) is 5.32 Å². The number of benzene rings is 1. The maximum absolute atomic E-state index is 11.8. The van der Waals surface area contributed by atoms with Gasteiger partial charge in [-0.15, -0.1) is 0 Å². The van der Waals surface area contributed by atoms with Crippen molar-refractivity contribution in [3.05, 3.63) is 47.9 Å². The van der Waals surface area contributed by atoms with E-state index in [1.807, 2.05) is 0 Å². The normalized spacial score (nSPS) is 10.0. The monoisotopic (exact) mass is 259 g/mol. The number of aryl methyl sites for hydroxylation is 1. The van der Waals surface area contributed by atoms with Crippen molar-refractivity contribution in [3.63, 3.8) is 0 Å². The predicted molar refractivity (Wildman–Crippen MR) is 69.1 cm³/mol. The van der Waals surface area contributed by atoms with Gasteiger partial charge in [-0.2, -0.15) is 0 Å². The van der Waals surface area contributed by atoms with Crippen LogP contribution in [-0.4, -0.2) is 11.9 Å². The standard InChI is InChI=1S/C14H13NO4/c1-9-7-8-18-13(9)14(17)19-12-5-3-11(4-6-12)15-10(2)16/h3-8H,1-2H3,(H,15,16). The van der Waals surface area contributed by atoms with E-state index in [1.165, 1.54) is 13.2 Å². The third-order valence-electron chi connectivity index (χ3n) is 2.43. The Kier molecular flexibility index (Phi) is 3.66. The van der Waals surface area contributed by atoms with E-state index in [-0.39, 0.29) is 11.7 Å². The molecule has 0 radical (unpaired) electrons. The van der Waals surface area contributed by atoms with Crippen LogP contribution in [0.3, 0.4) is 0 Å². The topological polar surface area (TPSA) is 68.5 Å². The molecule has 1 aromatic heterocycles. The molecule has 0 saturated heterocycles. The highest BCUT2D eigenvalue weighted by atomic mass is 16.5. The van der Waals surface area contributed by atoms with Gasteiger partial charge in [0.15, 0.2) is 0 Å². The molecule has 1 amide bonds. The van der Waals surface area contributed by atoms with Crippen molar-refractivity contribution in [1.29, 1.82) is 0 Å². The third-order valence-corrected chi connectivity index (χ3v) is 2.43. The molecule has 0 saturated carbocycles.